The van der Waals surface area contributed by atoms with E-state index in [2.05, 4.69) is 31.3 Å². The van der Waals surface area contributed by atoms with E-state index in [1.54, 1.807) is 0 Å². The molecule has 0 fully saturated rings. The minimum atomic E-state index is -1.08. The Labute approximate surface area is 312 Å². The molecule has 5 heteroatoms. The summed E-state index contributed by atoms with van der Waals surface area (Å²) in [5.74, 6) is -0.477. The Morgan fingerprint density at radius 3 is 1.10 bits per heavy atom. The Balaban J connectivity index is 3.60. The Kier molecular flexibility index (Phi) is 40.1. The van der Waals surface area contributed by atoms with Crippen LogP contribution in [0, 0.1) is 0 Å². The number of amides is 1. The van der Waals surface area contributed by atoms with Gasteiger partial charge in [-0.3, -0.25) is 4.79 Å². The number of aliphatic hydroxyl groups excluding tert-OH is 3. The number of carbonyl (C=O) groups excluding carboxylic acids is 1. The van der Waals surface area contributed by atoms with E-state index in [0.717, 1.165) is 44.9 Å². The molecule has 0 aromatic heterocycles. The highest BCUT2D eigenvalue weighted by Crippen LogP contribution is 2.16. The van der Waals surface area contributed by atoms with E-state index in [1.165, 1.54) is 173 Å². The summed E-state index contributed by atoms with van der Waals surface area (Å²) in [6.07, 6.45) is 47.8. The second-order valence-corrected chi connectivity index (χ2v) is 15.6. The first-order chi connectivity index (χ1) is 24.6. The van der Waals surface area contributed by atoms with Crippen LogP contribution in [-0.2, 0) is 4.79 Å². The molecule has 0 aromatic rings. The van der Waals surface area contributed by atoms with E-state index >= 15 is 0 Å². The minimum absolute atomic E-state index is 0.314. The van der Waals surface area contributed by atoms with Gasteiger partial charge in [0.15, 0.2) is 0 Å². The Morgan fingerprint density at radius 1 is 0.460 bits per heavy atom. The van der Waals surface area contributed by atoms with Gasteiger partial charge in [-0.25, -0.2) is 0 Å². The lowest BCUT2D eigenvalue weighted by Gasteiger charge is -2.23. The van der Waals surface area contributed by atoms with Gasteiger partial charge < -0.3 is 20.6 Å². The van der Waals surface area contributed by atoms with Crippen LogP contribution >= 0.6 is 0 Å². The number of hydrogen-bond donors (Lipinski definition) is 4. The van der Waals surface area contributed by atoms with E-state index in [4.69, 9.17) is 0 Å². The fraction of sp³-hybridized carbons (Fsp3) is 0.933. The molecular formula is C45H89NO4. The van der Waals surface area contributed by atoms with Crippen LogP contribution in [0.3, 0.4) is 0 Å². The van der Waals surface area contributed by atoms with Gasteiger partial charge in [0.1, 0.15) is 6.10 Å². The van der Waals surface area contributed by atoms with Crippen molar-refractivity contribution in [1.29, 1.82) is 0 Å². The summed E-state index contributed by atoms with van der Waals surface area (Å²) in [5.41, 5.74) is 0. The number of hydrogen-bond acceptors (Lipinski definition) is 4. The van der Waals surface area contributed by atoms with Gasteiger partial charge in [-0.2, -0.15) is 0 Å². The zero-order valence-corrected chi connectivity index (χ0v) is 33.8. The van der Waals surface area contributed by atoms with Gasteiger partial charge in [0, 0.05) is 0 Å². The molecule has 1 amide bonds. The summed E-state index contributed by atoms with van der Waals surface area (Å²) in [6.45, 7) is 4.24. The summed E-state index contributed by atoms with van der Waals surface area (Å²) < 4.78 is 0. The Bertz CT molecular complexity index is 699. The van der Waals surface area contributed by atoms with E-state index < -0.39 is 24.2 Å². The van der Waals surface area contributed by atoms with E-state index in [-0.39, 0.29) is 6.61 Å². The fourth-order valence-corrected chi connectivity index (χ4v) is 7.07. The Hall–Kier alpha value is -0.910. The standard InChI is InChI=1S/C45H89NO4/c1-3-5-7-9-11-13-15-17-19-20-21-22-23-24-26-27-29-31-33-35-37-39-43(48)42(41-47)46-45(50)44(49)40-38-36-34-32-30-28-25-18-16-14-12-10-8-6-4-2/h25,28,42-44,47-49H,3-24,26-27,29-41H2,1-2H3,(H,46,50)/b28-25-. The molecule has 0 aliphatic carbocycles. The molecule has 298 valence electrons. The number of aliphatic hydroxyl groups is 3. The van der Waals surface area contributed by atoms with Crippen molar-refractivity contribution in [3.05, 3.63) is 12.2 Å². The second-order valence-electron chi connectivity index (χ2n) is 15.6. The van der Waals surface area contributed by atoms with E-state index in [9.17, 15) is 20.1 Å². The van der Waals surface area contributed by atoms with Gasteiger partial charge in [0.25, 0.3) is 0 Å². The maximum Gasteiger partial charge on any atom is 0.249 e. The van der Waals surface area contributed by atoms with Crippen molar-refractivity contribution in [2.24, 2.45) is 0 Å². The predicted octanol–water partition coefficient (Wildman–Crippen LogP) is 12.8. The third-order valence-electron chi connectivity index (χ3n) is 10.6. The van der Waals surface area contributed by atoms with Crippen molar-refractivity contribution >= 4 is 5.91 Å². The van der Waals surface area contributed by atoms with Crippen LogP contribution in [0.4, 0.5) is 0 Å². The van der Waals surface area contributed by atoms with Crippen LogP contribution in [0.15, 0.2) is 12.2 Å². The largest absolute Gasteiger partial charge is 0.394 e. The van der Waals surface area contributed by atoms with Crippen LogP contribution in [0.2, 0.25) is 0 Å². The monoisotopic (exact) mass is 708 g/mol. The highest BCUT2D eigenvalue weighted by atomic mass is 16.3. The molecule has 0 aromatic carbocycles. The second kappa shape index (κ2) is 40.9. The van der Waals surface area contributed by atoms with Gasteiger partial charge in [0.2, 0.25) is 5.91 Å². The average Bonchev–Trinajstić information content (AvgIpc) is 3.12. The molecule has 0 rings (SSSR count). The molecule has 0 heterocycles. The molecule has 0 aliphatic heterocycles. The lowest BCUT2D eigenvalue weighted by atomic mass is 10.0. The molecule has 3 atom stereocenters. The minimum Gasteiger partial charge on any atom is -0.394 e. The van der Waals surface area contributed by atoms with Crippen molar-refractivity contribution in [2.75, 3.05) is 6.61 Å². The summed E-state index contributed by atoms with van der Waals surface area (Å²) in [7, 11) is 0. The van der Waals surface area contributed by atoms with Crippen LogP contribution < -0.4 is 5.32 Å². The number of unbranched alkanes of at least 4 members (excludes halogenated alkanes) is 31. The van der Waals surface area contributed by atoms with Gasteiger partial charge in [-0.15, -0.1) is 0 Å². The third kappa shape index (κ3) is 35.5. The van der Waals surface area contributed by atoms with Crippen LogP contribution in [-0.4, -0.2) is 46.1 Å². The fourth-order valence-electron chi connectivity index (χ4n) is 7.07. The first-order valence-corrected chi connectivity index (χ1v) is 22.5. The SMILES string of the molecule is CCCCCCCCC/C=C\CCCCCCC(O)C(=O)NC(CO)C(O)CCCCCCCCCCCCCCCCCCCCCCC. The molecule has 4 N–H and O–H groups in total. The number of allylic oxidation sites excluding steroid dienone is 2. The predicted molar refractivity (Wildman–Crippen MR) is 218 cm³/mol. The third-order valence-corrected chi connectivity index (χ3v) is 10.6. The number of rotatable bonds is 41. The van der Waals surface area contributed by atoms with Crippen molar-refractivity contribution < 1.29 is 20.1 Å². The molecule has 5 nitrogen and oxygen atoms in total. The molecule has 0 radical (unpaired) electrons. The van der Waals surface area contributed by atoms with Crippen LogP contribution in [0.25, 0.3) is 0 Å². The zero-order valence-electron chi connectivity index (χ0n) is 33.8. The van der Waals surface area contributed by atoms with Gasteiger partial charge in [-0.05, 0) is 38.5 Å². The molecule has 0 aliphatic rings. The van der Waals surface area contributed by atoms with Crippen LogP contribution in [0.1, 0.15) is 245 Å². The average molecular weight is 708 g/mol. The van der Waals surface area contributed by atoms with Crippen molar-refractivity contribution in [3.63, 3.8) is 0 Å². The van der Waals surface area contributed by atoms with Gasteiger partial charge in [0.05, 0.1) is 18.8 Å². The molecule has 0 saturated carbocycles. The lowest BCUT2D eigenvalue weighted by molar-refractivity contribution is -0.131. The van der Waals surface area contributed by atoms with Crippen LogP contribution in [0.5, 0.6) is 0 Å². The first-order valence-electron chi connectivity index (χ1n) is 22.5. The highest BCUT2D eigenvalue weighted by molar-refractivity contribution is 5.80. The summed E-state index contributed by atoms with van der Waals surface area (Å²) in [5, 5.41) is 33.3. The molecule has 50 heavy (non-hydrogen) atoms. The quantitative estimate of drug-likeness (QED) is 0.0376. The maximum absolute atomic E-state index is 12.5. The van der Waals surface area contributed by atoms with Gasteiger partial charge in [-0.1, -0.05) is 219 Å². The van der Waals surface area contributed by atoms with E-state index in [1.807, 2.05) is 0 Å². The lowest BCUT2D eigenvalue weighted by Crippen LogP contribution is -2.49. The molecule has 0 bridgehead atoms. The topological polar surface area (TPSA) is 89.8 Å². The summed E-state index contributed by atoms with van der Waals surface area (Å²) >= 11 is 0. The highest BCUT2D eigenvalue weighted by Gasteiger charge is 2.23. The first kappa shape index (κ1) is 49.1. The summed E-state index contributed by atoms with van der Waals surface area (Å²) in [4.78, 5) is 12.5. The molecule has 0 saturated heterocycles. The Morgan fingerprint density at radius 2 is 0.760 bits per heavy atom. The normalized spacial score (nSPS) is 13.6. The molecular weight excluding hydrogens is 618 g/mol. The van der Waals surface area contributed by atoms with Crippen molar-refractivity contribution in [1.82, 2.24) is 5.32 Å². The summed E-state index contributed by atoms with van der Waals surface area (Å²) in [6, 6.07) is -0.713. The number of nitrogens with one attached hydrogen (secondary N) is 1. The molecule has 0 spiro atoms. The van der Waals surface area contributed by atoms with Crippen molar-refractivity contribution in [3.8, 4) is 0 Å². The molecule has 3 unspecified atom stereocenters. The zero-order chi connectivity index (χ0) is 36.6. The van der Waals surface area contributed by atoms with Gasteiger partial charge >= 0.3 is 0 Å². The smallest absolute Gasteiger partial charge is 0.249 e. The van der Waals surface area contributed by atoms with Crippen molar-refractivity contribution in [2.45, 2.75) is 263 Å². The number of carbonyl (C=O) groups is 1. The maximum atomic E-state index is 12.5. The van der Waals surface area contributed by atoms with E-state index in [0.29, 0.717) is 12.8 Å².